The van der Waals surface area contributed by atoms with Gasteiger partial charge in [0.2, 0.25) is 0 Å². The molecule has 6 heteroatoms. The Balaban J connectivity index is 0.000000441. The molecule has 0 saturated heterocycles. The molecule has 0 N–H and O–H groups in total. The molecule has 0 bridgehead atoms. The second-order valence-electron chi connectivity index (χ2n) is 10.6. The van der Waals surface area contributed by atoms with Gasteiger partial charge in [0.25, 0.3) is 0 Å². The summed E-state index contributed by atoms with van der Waals surface area (Å²) in [6.07, 6.45) is 19.7. The highest BCUT2D eigenvalue weighted by Crippen LogP contribution is 2.55. The second kappa shape index (κ2) is 21.6. The van der Waals surface area contributed by atoms with Gasteiger partial charge in [-0.25, -0.2) is 0 Å². The van der Waals surface area contributed by atoms with Gasteiger partial charge in [0.15, 0.2) is 0 Å². The van der Waals surface area contributed by atoms with Gasteiger partial charge in [-0.05, 0) is 84.2 Å². The molecule has 46 heavy (non-hydrogen) atoms. The van der Waals surface area contributed by atoms with E-state index in [0.29, 0.717) is 0 Å². The molecule has 0 atom stereocenters. The van der Waals surface area contributed by atoms with Gasteiger partial charge in [-0.3, -0.25) is 0 Å². The lowest BCUT2D eigenvalue weighted by Crippen LogP contribution is -2.07. The molecule has 2 aliphatic rings. The fraction of sp³-hybridized carbons (Fsp3) is 0.200. The van der Waals surface area contributed by atoms with Crippen molar-refractivity contribution in [2.75, 3.05) is 38.0 Å². The molecule has 242 valence electrons. The zero-order valence-corrected chi connectivity index (χ0v) is 31.6. The lowest BCUT2D eigenvalue weighted by molar-refractivity contribution is 1.13. The molecule has 0 amide bonds. The van der Waals surface area contributed by atoms with Crippen LogP contribution in [0.5, 0.6) is 0 Å². The maximum Gasteiger partial charge on any atom is 0.0700 e. The van der Waals surface area contributed by atoms with Crippen LogP contribution in [0.4, 0.5) is 11.4 Å². The molecule has 0 unspecified atom stereocenters. The fourth-order valence-corrected chi connectivity index (χ4v) is 8.20. The van der Waals surface area contributed by atoms with Crippen molar-refractivity contribution in [2.45, 2.75) is 27.2 Å². The molecule has 2 aromatic rings. The molecule has 0 saturated carbocycles. The smallest absolute Gasteiger partial charge is 0.0700 e. The predicted octanol–water partition coefficient (Wildman–Crippen LogP) is 13.1. The Morgan fingerprint density at radius 3 is 1.43 bits per heavy atom. The van der Waals surface area contributed by atoms with Crippen molar-refractivity contribution in [3.8, 4) is 0 Å². The zero-order chi connectivity index (χ0) is 33.9. The van der Waals surface area contributed by atoms with Crippen LogP contribution < -0.4 is 9.80 Å². The van der Waals surface area contributed by atoms with Gasteiger partial charge in [0, 0.05) is 49.4 Å². The molecular formula is C40H48N2S4. The summed E-state index contributed by atoms with van der Waals surface area (Å²) in [4.78, 5) is 6.82. The molecule has 2 nitrogen and oxygen atoms in total. The van der Waals surface area contributed by atoms with Gasteiger partial charge < -0.3 is 9.80 Å². The van der Waals surface area contributed by atoms with E-state index in [1.165, 1.54) is 40.8 Å². The van der Waals surface area contributed by atoms with Crippen LogP contribution in [-0.4, -0.2) is 28.2 Å². The van der Waals surface area contributed by atoms with E-state index in [9.17, 15) is 0 Å². The van der Waals surface area contributed by atoms with Gasteiger partial charge in [-0.2, -0.15) is 0 Å². The zero-order valence-electron chi connectivity index (χ0n) is 28.3. The SMILES string of the molecule is C/C=C\CC.C=CC(=C)/C=C\C(=C)C.CN(C)c1ccc(/C=C/C2=CS/C(=C3/SC=C(/C=C/c4ccc(N(C)C)cc4)S3)S2)cc1. The van der Waals surface area contributed by atoms with Crippen molar-refractivity contribution < 1.29 is 0 Å². The van der Waals surface area contributed by atoms with Gasteiger partial charge in [0.1, 0.15) is 0 Å². The lowest BCUT2D eigenvalue weighted by Gasteiger charge is -2.11. The number of allylic oxidation sites excluding steroid dienone is 9. The molecule has 2 aromatic carbocycles. The van der Waals surface area contributed by atoms with Gasteiger partial charge >= 0.3 is 0 Å². The topological polar surface area (TPSA) is 6.48 Å². The van der Waals surface area contributed by atoms with Crippen molar-refractivity contribution in [1.29, 1.82) is 0 Å². The Labute approximate surface area is 296 Å². The van der Waals surface area contributed by atoms with Crippen LogP contribution in [0.25, 0.3) is 12.2 Å². The van der Waals surface area contributed by atoms with Crippen molar-refractivity contribution in [3.05, 3.63) is 162 Å². The number of rotatable bonds is 10. The third kappa shape index (κ3) is 15.0. The summed E-state index contributed by atoms with van der Waals surface area (Å²) in [7, 11) is 8.26. The van der Waals surface area contributed by atoms with Crippen LogP contribution in [0, 0.1) is 0 Å². The van der Waals surface area contributed by atoms with Crippen LogP contribution in [-0.2, 0) is 0 Å². The van der Waals surface area contributed by atoms with E-state index in [0.717, 1.165) is 17.6 Å². The Morgan fingerprint density at radius 1 is 0.696 bits per heavy atom. The first-order chi connectivity index (χ1) is 22.1. The molecule has 2 aliphatic heterocycles. The molecule has 2 heterocycles. The summed E-state index contributed by atoms with van der Waals surface area (Å²) in [5.41, 5.74) is 6.83. The largest absolute Gasteiger partial charge is 0.378 e. The van der Waals surface area contributed by atoms with Crippen LogP contribution in [0.2, 0.25) is 0 Å². The number of benzene rings is 2. The Hall–Kier alpha value is -3.16. The fourth-order valence-electron chi connectivity index (χ4n) is 3.54. The van der Waals surface area contributed by atoms with Crippen LogP contribution in [0.1, 0.15) is 38.3 Å². The lowest BCUT2D eigenvalue weighted by atomic mass is 10.2. The van der Waals surface area contributed by atoms with Crippen LogP contribution >= 0.6 is 47.0 Å². The first kappa shape index (κ1) is 39.0. The summed E-state index contributed by atoms with van der Waals surface area (Å²) >= 11 is 7.38. The van der Waals surface area contributed by atoms with E-state index in [-0.39, 0.29) is 0 Å². The Morgan fingerprint density at radius 2 is 1.13 bits per heavy atom. The van der Waals surface area contributed by atoms with E-state index in [1.54, 1.807) is 6.08 Å². The monoisotopic (exact) mass is 684 g/mol. The van der Waals surface area contributed by atoms with Crippen molar-refractivity contribution >= 4 is 70.6 Å². The highest BCUT2D eigenvalue weighted by atomic mass is 32.2. The van der Waals surface area contributed by atoms with E-state index in [1.807, 2.05) is 73.0 Å². The third-order valence-electron chi connectivity index (χ3n) is 6.17. The maximum atomic E-state index is 3.70. The minimum absolute atomic E-state index is 0.915. The van der Waals surface area contributed by atoms with Crippen LogP contribution in [0.15, 0.2) is 151 Å². The molecule has 0 fully saturated rings. The number of hydrogen-bond acceptors (Lipinski definition) is 6. The molecule has 0 spiro atoms. The normalized spacial score (nSPS) is 15.8. The number of thioether (sulfide) groups is 4. The summed E-state index contributed by atoms with van der Waals surface area (Å²) in [6, 6.07) is 17.3. The average molecular weight is 685 g/mol. The van der Waals surface area contributed by atoms with Crippen molar-refractivity contribution in [3.63, 3.8) is 0 Å². The molecular weight excluding hydrogens is 637 g/mol. The molecule has 4 rings (SSSR count). The van der Waals surface area contributed by atoms with Gasteiger partial charge in [-0.1, -0.05) is 146 Å². The standard InChI is InChI=1S/C26H26N2S4.C9H12.C5H10/c1-27(2)21-11-5-19(6-12-21)9-15-23-17-29-25(31-23)26-30-18-24(32-26)16-10-20-7-13-22(14-8-20)28(3)4;1-5-9(4)7-6-8(2)3;1-3-5-4-2/h5-18H,1-4H3;5-7H,1-2,4H2,3H3;3,5H,4H2,1-2H3/b15-9+,16-10+,26-25+;7-6-;5-3-. The minimum atomic E-state index is 0.915. The van der Waals surface area contributed by atoms with Gasteiger partial charge in [-0.15, -0.1) is 0 Å². The average Bonchev–Trinajstić information content (AvgIpc) is 3.73. The third-order valence-corrected chi connectivity index (χ3v) is 11.4. The van der Waals surface area contributed by atoms with E-state index >= 15 is 0 Å². The number of anilines is 2. The summed E-state index contributed by atoms with van der Waals surface area (Å²) < 4.78 is 2.75. The van der Waals surface area contributed by atoms with E-state index < -0.39 is 0 Å². The quantitative estimate of drug-likeness (QED) is 0.180. The molecule has 0 radical (unpaired) electrons. The summed E-state index contributed by atoms with van der Waals surface area (Å²) in [5.74, 6) is 0. The number of nitrogens with zero attached hydrogens (tertiary/aromatic N) is 2. The van der Waals surface area contributed by atoms with Gasteiger partial charge in [0.05, 0.1) is 8.47 Å². The number of hydrogen-bond donors (Lipinski definition) is 0. The van der Waals surface area contributed by atoms with Crippen LogP contribution in [0.3, 0.4) is 0 Å². The minimum Gasteiger partial charge on any atom is -0.378 e. The Kier molecular flexibility index (Phi) is 18.3. The van der Waals surface area contributed by atoms with E-state index in [2.05, 4.69) is 160 Å². The highest BCUT2D eigenvalue weighted by molar-refractivity contribution is 8.33. The Bertz CT molecular complexity index is 1420. The summed E-state index contributed by atoms with van der Waals surface area (Å²) in [6.45, 7) is 17.1. The van der Waals surface area contributed by atoms with Crippen molar-refractivity contribution in [1.82, 2.24) is 0 Å². The summed E-state index contributed by atoms with van der Waals surface area (Å²) in [5, 5.41) is 4.50. The highest BCUT2D eigenvalue weighted by Gasteiger charge is 2.20. The molecule has 0 aliphatic carbocycles. The second-order valence-corrected chi connectivity index (χ2v) is 15.1. The predicted molar refractivity (Wildman–Crippen MR) is 222 cm³/mol. The van der Waals surface area contributed by atoms with E-state index in [4.69, 9.17) is 0 Å². The van der Waals surface area contributed by atoms with Crippen molar-refractivity contribution in [2.24, 2.45) is 0 Å². The molecule has 0 aromatic heterocycles. The first-order valence-electron chi connectivity index (χ1n) is 15.1. The first-order valence-corrected chi connectivity index (χ1v) is 18.5. The maximum absolute atomic E-state index is 3.70.